The van der Waals surface area contributed by atoms with Crippen LogP contribution in [0.2, 0.25) is 0 Å². The highest BCUT2D eigenvalue weighted by Gasteiger charge is 2.19. The maximum atomic E-state index is 12.3. The number of aryl methyl sites for hydroxylation is 1. The Morgan fingerprint density at radius 1 is 1.12 bits per heavy atom. The van der Waals surface area contributed by atoms with E-state index in [1.165, 1.54) is 38.4 Å². The van der Waals surface area contributed by atoms with Crippen molar-refractivity contribution >= 4 is 16.0 Å². The van der Waals surface area contributed by atoms with E-state index in [1.54, 1.807) is 7.11 Å². The highest BCUT2D eigenvalue weighted by molar-refractivity contribution is 7.89. The normalized spacial score (nSPS) is 11.4. The van der Waals surface area contributed by atoms with Gasteiger partial charge in [-0.05, 0) is 37.3 Å². The fraction of sp³-hybridized carbons (Fsp3) is 0.278. The van der Waals surface area contributed by atoms with Crippen LogP contribution in [-0.2, 0) is 21.4 Å². The summed E-state index contributed by atoms with van der Waals surface area (Å²) >= 11 is 0. The lowest BCUT2D eigenvalue weighted by molar-refractivity contribution is 0.0470. The van der Waals surface area contributed by atoms with Crippen molar-refractivity contribution in [2.75, 3.05) is 21.2 Å². The average Bonchev–Trinajstić information content (AvgIpc) is 2.59. The second-order valence-electron chi connectivity index (χ2n) is 5.71. The zero-order valence-corrected chi connectivity index (χ0v) is 15.5. The third-order valence-corrected chi connectivity index (χ3v) is 5.45. The molecule has 0 bridgehead atoms. The zero-order chi connectivity index (χ0) is 18.6. The maximum absolute atomic E-state index is 12.3. The van der Waals surface area contributed by atoms with Crippen LogP contribution in [-0.4, -0.2) is 39.9 Å². The van der Waals surface area contributed by atoms with Crippen molar-refractivity contribution in [3.05, 3.63) is 59.2 Å². The first-order valence-corrected chi connectivity index (χ1v) is 9.03. The highest BCUT2D eigenvalue weighted by Crippen LogP contribution is 2.21. The van der Waals surface area contributed by atoms with Crippen molar-refractivity contribution in [2.45, 2.75) is 18.4 Å². The molecule has 2 aromatic rings. The predicted molar refractivity (Wildman–Crippen MR) is 94.2 cm³/mol. The molecular formula is C18H21NO5S. The van der Waals surface area contributed by atoms with Gasteiger partial charge in [0.05, 0.1) is 17.6 Å². The minimum Gasteiger partial charge on any atom is -0.496 e. The summed E-state index contributed by atoms with van der Waals surface area (Å²) in [6.45, 7) is 1.97. The molecule has 0 aliphatic rings. The lowest BCUT2D eigenvalue weighted by Crippen LogP contribution is -2.22. The molecule has 0 unspecified atom stereocenters. The van der Waals surface area contributed by atoms with Crippen LogP contribution in [0.3, 0.4) is 0 Å². The summed E-state index contributed by atoms with van der Waals surface area (Å²) in [5.41, 5.74) is 1.94. The number of methoxy groups -OCH3 is 1. The number of hydrogen-bond donors (Lipinski definition) is 0. The Bertz CT molecular complexity index is 875. The van der Waals surface area contributed by atoms with Crippen molar-refractivity contribution in [1.29, 1.82) is 0 Å². The summed E-state index contributed by atoms with van der Waals surface area (Å²) in [4.78, 5) is 12.3. The van der Waals surface area contributed by atoms with E-state index in [2.05, 4.69) is 0 Å². The van der Waals surface area contributed by atoms with Crippen LogP contribution in [0.15, 0.2) is 47.4 Å². The largest absolute Gasteiger partial charge is 0.496 e. The Balaban J connectivity index is 2.19. The number of rotatable bonds is 6. The smallest absolute Gasteiger partial charge is 0.338 e. The molecule has 0 radical (unpaired) electrons. The molecule has 2 rings (SSSR count). The van der Waals surface area contributed by atoms with Crippen LogP contribution >= 0.6 is 0 Å². The number of carbonyl (C=O) groups excluding carboxylic acids is 1. The summed E-state index contributed by atoms with van der Waals surface area (Å²) < 4.78 is 36.0. The standard InChI is InChI=1S/C18H21NO5S/c1-13-8-9-17(23-4)15(10-13)12-24-18(20)14-6-5-7-16(11-14)25(21,22)19(2)3/h5-11H,12H2,1-4H3. The van der Waals surface area contributed by atoms with Crippen molar-refractivity contribution < 1.29 is 22.7 Å². The van der Waals surface area contributed by atoms with Crippen molar-refractivity contribution in [3.8, 4) is 5.75 Å². The van der Waals surface area contributed by atoms with Gasteiger partial charge in [0.25, 0.3) is 0 Å². The number of benzene rings is 2. The van der Waals surface area contributed by atoms with E-state index in [0.29, 0.717) is 5.75 Å². The van der Waals surface area contributed by atoms with E-state index in [0.717, 1.165) is 15.4 Å². The van der Waals surface area contributed by atoms with E-state index < -0.39 is 16.0 Å². The molecule has 0 fully saturated rings. The number of sulfonamides is 1. The number of esters is 1. The fourth-order valence-corrected chi connectivity index (χ4v) is 3.19. The Morgan fingerprint density at radius 3 is 2.48 bits per heavy atom. The molecule has 0 aliphatic carbocycles. The molecule has 6 nitrogen and oxygen atoms in total. The number of nitrogens with zero attached hydrogens (tertiary/aromatic N) is 1. The second-order valence-corrected chi connectivity index (χ2v) is 7.86. The first-order valence-electron chi connectivity index (χ1n) is 7.59. The van der Waals surface area contributed by atoms with Gasteiger partial charge in [0.15, 0.2) is 0 Å². The first-order chi connectivity index (χ1) is 11.8. The fourth-order valence-electron chi connectivity index (χ4n) is 2.24. The summed E-state index contributed by atoms with van der Waals surface area (Å²) in [7, 11) is 0.806. The van der Waals surface area contributed by atoms with Crippen LogP contribution < -0.4 is 4.74 Å². The van der Waals surface area contributed by atoms with Crippen LogP contribution in [0, 0.1) is 6.92 Å². The monoisotopic (exact) mass is 363 g/mol. The maximum Gasteiger partial charge on any atom is 0.338 e. The Hall–Kier alpha value is -2.38. The lowest BCUT2D eigenvalue weighted by Gasteiger charge is -2.13. The molecule has 0 amide bonds. The number of ether oxygens (including phenoxy) is 2. The summed E-state index contributed by atoms with van der Waals surface area (Å²) in [5, 5.41) is 0. The summed E-state index contributed by atoms with van der Waals surface area (Å²) in [6.07, 6.45) is 0. The van der Waals surface area contributed by atoms with Gasteiger partial charge in [0, 0.05) is 19.7 Å². The van der Waals surface area contributed by atoms with Crippen LogP contribution in [0.1, 0.15) is 21.5 Å². The van der Waals surface area contributed by atoms with Gasteiger partial charge in [-0.25, -0.2) is 17.5 Å². The van der Waals surface area contributed by atoms with Gasteiger partial charge in [0.2, 0.25) is 10.0 Å². The van der Waals surface area contributed by atoms with E-state index in [4.69, 9.17) is 9.47 Å². The lowest BCUT2D eigenvalue weighted by atomic mass is 10.1. The number of carbonyl (C=O) groups is 1. The molecular weight excluding hydrogens is 342 g/mol. The van der Waals surface area contributed by atoms with Crippen LogP contribution in [0.4, 0.5) is 0 Å². The summed E-state index contributed by atoms with van der Waals surface area (Å²) in [6, 6.07) is 11.4. The molecule has 0 aliphatic heterocycles. The van der Waals surface area contributed by atoms with Gasteiger partial charge in [-0.2, -0.15) is 0 Å². The Morgan fingerprint density at radius 2 is 1.84 bits per heavy atom. The van der Waals surface area contributed by atoms with E-state index in [1.807, 2.05) is 25.1 Å². The molecule has 0 N–H and O–H groups in total. The molecule has 0 heterocycles. The highest BCUT2D eigenvalue weighted by atomic mass is 32.2. The van der Waals surface area contributed by atoms with Gasteiger partial charge < -0.3 is 9.47 Å². The van der Waals surface area contributed by atoms with Gasteiger partial charge in [0.1, 0.15) is 12.4 Å². The van der Waals surface area contributed by atoms with E-state index in [-0.39, 0.29) is 17.1 Å². The molecule has 2 aromatic carbocycles. The first kappa shape index (κ1) is 19.0. The molecule has 25 heavy (non-hydrogen) atoms. The molecule has 0 spiro atoms. The Kier molecular flexibility index (Phi) is 5.81. The van der Waals surface area contributed by atoms with Crippen LogP contribution in [0.5, 0.6) is 5.75 Å². The average molecular weight is 363 g/mol. The molecule has 0 saturated carbocycles. The van der Waals surface area contributed by atoms with Gasteiger partial charge >= 0.3 is 5.97 Å². The summed E-state index contributed by atoms with van der Waals surface area (Å²) in [5.74, 6) is 0.0294. The quantitative estimate of drug-likeness (QED) is 0.738. The van der Waals surface area contributed by atoms with Crippen molar-refractivity contribution in [2.24, 2.45) is 0 Å². The third kappa shape index (κ3) is 4.37. The predicted octanol–water partition coefficient (Wildman–Crippen LogP) is 2.61. The van der Waals surface area contributed by atoms with Crippen molar-refractivity contribution in [3.63, 3.8) is 0 Å². The molecule has 7 heteroatoms. The van der Waals surface area contributed by atoms with Gasteiger partial charge in [-0.15, -0.1) is 0 Å². The minimum absolute atomic E-state index is 0.0361. The van der Waals surface area contributed by atoms with Gasteiger partial charge in [-0.1, -0.05) is 17.7 Å². The molecule has 0 atom stereocenters. The zero-order valence-electron chi connectivity index (χ0n) is 14.6. The van der Waals surface area contributed by atoms with E-state index in [9.17, 15) is 13.2 Å². The molecule has 134 valence electrons. The number of hydrogen-bond acceptors (Lipinski definition) is 5. The Labute approximate surface area is 148 Å². The molecule has 0 aromatic heterocycles. The SMILES string of the molecule is COc1ccc(C)cc1COC(=O)c1cccc(S(=O)(=O)N(C)C)c1. The van der Waals surface area contributed by atoms with E-state index >= 15 is 0 Å². The second kappa shape index (κ2) is 7.67. The third-order valence-electron chi connectivity index (χ3n) is 3.64. The topological polar surface area (TPSA) is 72.9 Å². The van der Waals surface area contributed by atoms with Crippen molar-refractivity contribution in [1.82, 2.24) is 4.31 Å². The molecule has 0 saturated heterocycles. The van der Waals surface area contributed by atoms with Gasteiger partial charge in [-0.3, -0.25) is 0 Å². The minimum atomic E-state index is -3.61. The van der Waals surface area contributed by atoms with Crippen LogP contribution in [0.25, 0.3) is 0 Å².